The number of rotatable bonds is 9. The number of piperazine rings is 1. The molecule has 7 nitrogen and oxygen atoms in total. The zero-order valence-corrected chi connectivity index (χ0v) is 21.0. The molecule has 1 heterocycles. The van der Waals surface area contributed by atoms with E-state index in [1.807, 2.05) is 67.6 Å². The lowest BCUT2D eigenvalue weighted by atomic mass is 10.1. The molecule has 2 N–H and O–H groups in total. The van der Waals surface area contributed by atoms with E-state index >= 15 is 0 Å². The first-order valence-electron chi connectivity index (χ1n) is 12.5. The van der Waals surface area contributed by atoms with Crippen LogP contribution in [0.25, 0.3) is 0 Å². The van der Waals surface area contributed by atoms with E-state index in [1.165, 1.54) is 0 Å². The fourth-order valence-electron chi connectivity index (χ4n) is 4.47. The molecule has 3 aromatic rings. The van der Waals surface area contributed by atoms with E-state index in [1.54, 1.807) is 13.2 Å². The van der Waals surface area contributed by atoms with Gasteiger partial charge < -0.3 is 25.2 Å². The Morgan fingerprint density at radius 3 is 2.22 bits per heavy atom. The van der Waals surface area contributed by atoms with Crippen molar-refractivity contribution in [3.8, 4) is 5.75 Å². The van der Waals surface area contributed by atoms with Gasteiger partial charge >= 0.3 is 0 Å². The van der Waals surface area contributed by atoms with E-state index in [4.69, 9.17) is 4.74 Å². The maximum Gasteiger partial charge on any atom is 0.253 e. The number of carbonyl (C=O) groups excluding carboxylic acids is 2. The van der Waals surface area contributed by atoms with Crippen molar-refractivity contribution in [2.45, 2.75) is 19.8 Å². The van der Waals surface area contributed by atoms with Crippen molar-refractivity contribution in [1.29, 1.82) is 0 Å². The molecule has 2 amide bonds. The molecule has 0 saturated carbocycles. The highest BCUT2D eigenvalue weighted by molar-refractivity contribution is 6.02. The average Bonchev–Trinajstić information content (AvgIpc) is 2.92. The van der Waals surface area contributed by atoms with Crippen LogP contribution in [0.3, 0.4) is 0 Å². The Balaban J connectivity index is 1.50. The second-order valence-corrected chi connectivity index (χ2v) is 8.84. The number of para-hydroxylation sites is 2. The average molecular weight is 487 g/mol. The van der Waals surface area contributed by atoms with Gasteiger partial charge in [-0.25, -0.2) is 0 Å². The lowest BCUT2D eigenvalue weighted by Crippen LogP contribution is -2.47. The van der Waals surface area contributed by atoms with Crippen molar-refractivity contribution in [3.63, 3.8) is 0 Å². The summed E-state index contributed by atoms with van der Waals surface area (Å²) < 4.78 is 5.54. The van der Waals surface area contributed by atoms with E-state index in [0.717, 1.165) is 55.3 Å². The van der Waals surface area contributed by atoms with E-state index in [-0.39, 0.29) is 18.2 Å². The van der Waals surface area contributed by atoms with Crippen LogP contribution in [0.1, 0.15) is 29.3 Å². The largest absolute Gasteiger partial charge is 0.495 e. The van der Waals surface area contributed by atoms with Gasteiger partial charge in [0, 0.05) is 44.1 Å². The summed E-state index contributed by atoms with van der Waals surface area (Å²) >= 11 is 0. The minimum Gasteiger partial charge on any atom is -0.495 e. The summed E-state index contributed by atoms with van der Waals surface area (Å²) in [7, 11) is 1.69. The van der Waals surface area contributed by atoms with E-state index in [2.05, 4.69) is 26.5 Å². The molecule has 0 unspecified atom stereocenters. The fraction of sp³-hybridized carbons (Fsp3) is 0.310. The number of ether oxygens (including phenoxy) is 1. The van der Waals surface area contributed by atoms with Gasteiger partial charge in [-0.15, -0.1) is 0 Å². The van der Waals surface area contributed by atoms with Crippen LogP contribution >= 0.6 is 0 Å². The molecule has 1 fully saturated rings. The van der Waals surface area contributed by atoms with E-state index < -0.39 is 0 Å². The molecule has 0 atom stereocenters. The molecule has 7 heteroatoms. The molecule has 1 aliphatic heterocycles. The number of benzene rings is 3. The van der Waals surface area contributed by atoms with Crippen molar-refractivity contribution in [3.05, 3.63) is 83.9 Å². The van der Waals surface area contributed by atoms with Crippen LogP contribution in [-0.2, 0) is 11.2 Å². The van der Waals surface area contributed by atoms with Gasteiger partial charge in [-0.05, 0) is 42.3 Å². The predicted octanol–water partition coefficient (Wildman–Crippen LogP) is 4.34. The summed E-state index contributed by atoms with van der Waals surface area (Å²) in [4.78, 5) is 30.2. The van der Waals surface area contributed by atoms with Crippen molar-refractivity contribution in [2.24, 2.45) is 0 Å². The summed E-state index contributed by atoms with van der Waals surface area (Å²) in [5.41, 5.74) is 4.10. The molecule has 0 bridgehead atoms. The van der Waals surface area contributed by atoms with Gasteiger partial charge in [-0.3, -0.25) is 9.59 Å². The summed E-state index contributed by atoms with van der Waals surface area (Å²) in [5, 5.41) is 5.95. The number of anilines is 3. The van der Waals surface area contributed by atoms with Gasteiger partial charge in [-0.2, -0.15) is 0 Å². The Kier molecular flexibility index (Phi) is 8.44. The van der Waals surface area contributed by atoms with Crippen LogP contribution in [0.15, 0.2) is 72.8 Å². The third-order valence-electron chi connectivity index (χ3n) is 6.31. The number of carbonyl (C=O) groups is 2. The van der Waals surface area contributed by atoms with Crippen LogP contribution in [0.2, 0.25) is 0 Å². The highest BCUT2D eigenvalue weighted by atomic mass is 16.5. The van der Waals surface area contributed by atoms with Gasteiger partial charge in [0.15, 0.2) is 0 Å². The maximum absolute atomic E-state index is 13.1. The van der Waals surface area contributed by atoms with E-state index in [9.17, 15) is 9.59 Å². The maximum atomic E-state index is 13.1. The van der Waals surface area contributed by atoms with Crippen molar-refractivity contribution >= 4 is 28.9 Å². The molecule has 0 radical (unpaired) electrons. The summed E-state index contributed by atoms with van der Waals surface area (Å²) in [5.74, 6) is 0.624. The number of nitrogens with zero attached hydrogens (tertiary/aromatic N) is 2. The normalized spacial score (nSPS) is 13.3. The number of hydrogen-bond donors (Lipinski definition) is 2. The number of nitrogens with one attached hydrogen (secondary N) is 2. The monoisotopic (exact) mass is 486 g/mol. The Bertz CT molecular complexity index is 1170. The molecule has 188 valence electrons. The van der Waals surface area contributed by atoms with Crippen molar-refractivity contribution < 1.29 is 14.3 Å². The summed E-state index contributed by atoms with van der Waals surface area (Å²) in [6, 6.07) is 23.3. The predicted molar refractivity (Wildman–Crippen MR) is 145 cm³/mol. The van der Waals surface area contributed by atoms with Crippen LogP contribution in [-0.4, -0.2) is 51.6 Å². The molecule has 36 heavy (non-hydrogen) atoms. The number of hydrogen-bond acceptors (Lipinski definition) is 5. The van der Waals surface area contributed by atoms with Gasteiger partial charge in [0.1, 0.15) is 5.75 Å². The Hall–Kier alpha value is -4.00. The molecule has 3 aromatic carbocycles. The second-order valence-electron chi connectivity index (χ2n) is 8.84. The highest BCUT2D eigenvalue weighted by Crippen LogP contribution is 2.31. The molecular weight excluding hydrogens is 452 g/mol. The minimum absolute atomic E-state index is 0.112. The third-order valence-corrected chi connectivity index (χ3v) is 6.31. The first-order chi connectivity index (χ1) is 17.6. The Morgan fingerprint density at radius 1 is 0.861 bits per heavy atom. The molecular formula is C29H34N4O3. The van der Waals surface area contributed by atoms with Crippen LogP contribution in [0.4, 0.5) is 17.1 Å². The topological polar surface area (TPSA) is 73.9 Å². The summed E-state index contributed by atoms with van der Waals surface area (Å²) in [6.45, 7) is 5.79. The van der Waals surface area contributed by atoms with Gasteiger partial charge in [-0.1, -0.05) is 49.4 Å². The van der Waals surface area contributed by atoms with Crippen LogP contribution in [0, 0.1) is 0 Å². The fourth-order valence-corrected chi connectivity index (χ4v) is 4.47. The highest BCUT2D eigenvalue weighted by Gasteiger charge is 2.23. The lowest BCUT2D eigenvalue weighted by molar-refractivity contribution is -0.115. The molecule has 1 saturated heterocycles. The molecule has 1 aliphatic rings. The van der Waals surface area contributed by atoms with Gasteiger partial charge in [0.25, 0.3) is 5.91 Å². The number of methoxy groups -OCH3 is 1. The van der Waals surface area contributed by atoms with Crippen molar-refractivity contribution in [2.75, 3.05) is 55.0 Å². The number of amides is 2. The van der Waals surface area contributed by atoms with Crippen molar-refractivity contribution in [1.82, 2.24) is 5.32 Å². The Labute approximate surface area is 213 Å². The van der Waals surface area contributed by atoms with Crippen LogP contribution < -0.4 is 25.2 Å². The van der Waals surface area contributed by atoms with Gasteiger partial charge in [0.2, 0.25) is 5.91 Å². The first-order valence-corrected chi connectivity index (χ1v) is 12.5. The zero-order chi connectivity index (χ0) is 25.3. The third kappa shape index (κ3) is 6.16. The summed E-state index contributed by atoms with van der Waals surface area (Å²) in [6.07, 6.45) is 1.14. The smallest absolute Gasteiger partial charge is 0.253 e. The van der Waals surface area contributed by atoms with Gasteiger partial charge in [0.05, 0.1) is 24.8 Å². The minimum atomic E-state index is -0.127. The Morgan fingerprint density at radius 2 is 1.53 bits per heavy atom. The lowest BCUT2D eigenvalue weighted by Gasteiger charge is -2.38. The SMILES string of the molecule is CCCNC(=O)c1cc(NC(=O)Cc2ccccc2)ccc1N1CCN(c2ccccc2OC)CC1. The van der Waals surface area contributed by atoms with E-state index in [0.29, 0.717) is 17.8 Å². The quantitative estimate of drug-likeness (QED) is 0.471. The molecule has 4 rings (SSSR count). The standard InChI is InChI=1S/C29H34N4O3/c1-3-15-30-29(35)24-21-23(31-28(34)20-22-9-5-4-6-10-22)13-14-25(24)32-16-18-33(19-17-32)26-11-7-8-12-27(26)36-2/h4-14,21H,3,15-20H2,1-2H3,(H,30,35)(H,31,34). The van der Waals surface area contributed by atoms with Crippen LogP contribution in [0.5, 0.6) is 5.75 Å². The zero-order valence-electron chi connectivity index (χ0n) is 21.0. The molecule has 0 aliphatic carbocycles. The first kappa shape index (κ1) is 25.1. The molecule has 0 aromatic heterocycles. The second kappa shape index (κ2) is 12.1. The molecule has 0 spiro atoms.